The number of benzene rings is 4. The normalized spacial score (nSPS) is 12.3. The molecule has 0 saturated heterocycles. The van der Waals surface area contributed by atoms with Crippen LogP contribution in [0.1, 0.15) is 23.0 Å². The monoisotopic (exact) mass is 578 g/mol. The SMILES string of the molecule is O=C(O)C(COc1cccc(Sc2cccc(OCC(C(=O)O)c3cc(O)cc(O)c3)c2)c1)c1cc(O)cc(O)c1. The van der Waals surface area contributed by atoms with Crippen LogP contribution in [0, 0.1) is 0 Å². The van der Waals surface area contributed by atoms with E-state index < -0.39 is 23.8 Å². The molecule has 0 spiro atoms. The van der Waals surface area contributed by atoms with E-state index in [0.29, 0.717) is 11.5 Å². The van der Waals surface area contributed by atoms with Crippen LogP contribution in [0.3, 0.4) is 0 Å². The maximum atomic E-state index is 11.8. The minimum atomic E-state index is -1.18. The number of ether oxygens (including phenoxy) is 2. The smallest absolute Gasteiger partial charge is 0.314 e. The molecule has 41 heavy (non-hydrogen) atoms. The minimum absolute atomic E-state index is 0.198. The number of rotatable bonds is 12. The van der Waals surface area contributed by atoms with Crippen LogP contribution in [0.15, 0.2) is 94.7 Å². The Morgan fingerprint density at radius 3 is 1.29 bits per heavy atom. The first kappa shape index (κ1) is 29.0. The van der Waals surface area contributed by atoms with Gasteiger partial charge in [-0.25, -0.2) is 0 Å². The first-order valence-corrected chi connectivity index (χ1v) is 13.0. The highest BCUT2D eigenvalue weighted by molar-refractivity contribution is 7.99. The second-order valence-electron chi connectivity index (χ2n) is 9.02. The lowest BCUT2D eigenvalue weighted by Crippen LogP contribution is -2.19. The average Bonchev–Trinajstić information content (AvgIpc) is 2.88. The summed E-state index contributed by atoms with van der Waals surface area (Å²) in [6.45, 7) is -0.477. The summed E-state index contributed by atoms with van der Waals surface area (Å²) >= 11 is 1.37. The molecule has 11 heteroatoms. The Labute approximate surface area is 238 Å². The summed E-state index contributed by atoms with van der Waals surface area (Å²) in [5.41, 5.74) is 0.395. The molecule has 0 aliphatic rings. The van der Waals surface area contributed by atoms with Crippen LogP contribution in [-0.2, 0) is 9.59 Å². The number of carboxylic acids is 2. The van der Waals surface area contributed by atoms with Crippen molar-refractivity contribution in [2.45, 2.75) is 21.6 Å². The molecule has 0 amide bonds. The average molecular weight is 579 g/mol. The molecule has 0 saturated carbocycles. The lowest BCUT2D eigenvalue weighted by atomic mass is 9.99. The number of aromatic hydroxyl groups is 4. The van der Waals surface area contributed by atoms with E-state index >= 15 is 0 Å². The third kappa shape index (κ3) is 7.99. The summed E-state index contributed by atoms with van der Waals surface area (Å²) in [7, 11) is 0. The van der Waals surface area contributed by atoms with E-state index in [1.807, 2.05) is 12.1 Å². The minimum Gasteiger partial charge on any atom is -0.508 e. The van der Waals surface area contributed by atoms with Crippen molar-refractivity contribution in [3.05, 3.63) is 96.1 Å². The molecule has 0 fully saturated rings. The first-order chi connectivity index (χ1) is 19.6. The molecule has 0 heterocycles. The largest absolute Gasteiger partial charge is 0.508 e. The second kappa shape index (κ2) is 12.9. The van der Waals surface area contributed by atoms with Gasteiger partial charge in [-0.05, 0) is 71.8 Å². The van der Waals surface area contributed by atoms with Gasteiger partial charge in [-0.1, -0.05) is 23.9 Å². The van der Waals surface area contributed by atoms with Gasteiger partial charge >= 0.3 is 11.9 Å². The Kier molecular flexibility index (Phi) is 9.10. The van der Waals surface area contributed by atoms with E-state index in [2.05, 4.69) is 0 Å². The van der Waals surface area contributed by atoms with Gasteiger partial charge in [0.05, 0.1) is 0 Å². The van der Waals surface area contributed by atoms with Gasteiger partial charge in [0.1, 0.15) is 59.5 Å². The standard InChI is InChI=1S/C30H26O10S/c31-19-7-17(8-20(32)11-19)27(29(35)36)15-39-23-3-1-5-25(13-23)41-26-6-2-4-24(14-26)40-16-28(30(37)38)18-9-21(33)12-22(34)10-18/h1-14,27-28,31-34H,15-16H2,(H,35,36)(H,37,38). The number of carboxylic acid groups (broad SMARTS) is 2. The van der Waals surface area contributed by atoms with E-state index in [4.69, 9.17) is 9.47 Å². The number of carbonyl (C=O) groups is 2. The highest BCUT2D eigenvalue weighted by atomic mass is 32.2. The van der Waals surface area contributed by atoms with Crippen LogP contribution in [0.4, 0.5) is 0 Å². The fraction of sp³-hybridized carbons (Fsp3) is 0.133. The van der Waals surface area contributed by atoms with E-state index in [9.17, 15) is 40.2 Å². The molecule has 4 rings (SSSR count). The number of hydrogen-bond donors (Lipinski definition) is 6. The van der Waals surface area contributed by atoms with Gasteiger partial charge in [-0.15, -0.1) is 0 Å². The van der Waals surface area contributed by atoms with Crippen LogP contribution in [-0.4, -0.2) is 55.8 Å². The Bertz CT molecular complexity index is 1400. The van der Waals surface area contributed by atoms with Crippen molar-refractivity contribution in [1.82, 2.24) is 0 Å². The Morgan fingerprint density at radius 2 is 0.951 bits per heavy atom. The summed E-state index contributed by atoms with van der Waals surface area (Å²) in [6, 6.07) is 21.2. The molecule has 0 aliphatic carbocycles. The van der Waals surface area contributed by atoms with E-state index in [-0.39, 0.29) is 47.3 Å². The van der Waals surface area contributed by atoms with Gasteiger partial charge in [-0.3, -0.25) is 9.59 Å². The highest BCUT2D eigenvalue weighted by Crippen LogP contribution is 2.34. The van der Waals surface area contributed by atoms with Gasteiger partial charge in [-0.2, -0.15) is 0 Å². The predicted molar refractivity (Wildman–Crippen MR) is 148 cm³/mol. The van der Waals surface area contributed by atoms with E-state index in [1.165, 1.54) is 36.0 Å². The van der Waals surface area contributed by atoms with Gasteiger partial charge in [0.2, 0.25) is 0 Å². The van der Waals surface area contributed by atoms with Crippen molar-refractivity contribution in [2.75, 3.05) is 13.2 Å². The van der Waals surface area contributed by atoms with Crippen molar-refractivity contribution in [1.29, 1.82) is 0 Å². The molecule has 0 radical (unpaired) electrons. The lowest BCUT2D eigenvalue weighted by Gasteiger charge is -2.16. The molecule has 2 atom stereocenters. The maximum absolute atomic E-state index is 11.8. The van der Waals surface area contributed by atoms with Gasteiger partial charge < -0.3 is 40.1 Å². The van der Waals surface area contributed by atoms with Crippen molar-refractivity contribution in [3.63, 3.8) is 0 Å². The summed E-state index contributed by atoms with van der Waals surface area (Å²) < 4.78 is 11.5. The fourth-order valence-corrected chi connectivity index (χ4v) is 4.92. The van der Waals surface area contributed by atoms with Crippen LogP contribution in [0.2, 0.25) is 0 Å². The highest BCUT2D eigenvalue weighted by Gasteiger charge is 2.23. The zero-order valence-corrected chi connectivity index (χ0v) is 22.2. The molecular weight excluding hydrogens is 552 g/mol. The number of phenolic OH excluding ortho intramolecular Hbond substituents is 4. The molecule has 4 aromatic carbocycles. The number of aliphatic carboxylic acids is 2. The maximum Gasteiger partial charge on any atom is 0.314 e. The lowest BCUT2D eigenvalue weighted by molar-refractivity contribution is -0.140. The summed E-state index contributed by atoms with van der Waals surface area (Å²) in [5.74, 6) is -4.81. The second-order valence-corrected chi connectivity index (χ2v) is 10.2. The fourth-order valence-electron chi connectivity index (χ4n) is 4.01. The Morgan fingerprint density at radius 1 is 0.585 bits per heavy atom. The molecule has 0 aromatic heterocycles. The zero-order chi connectivity index (χ0) is 29.5. The van der Waals surface area contributed by atoms with Crippen molar-refractivity contribution < 1.29 is 49.7 Å². The molecule has 0 aliphatic heterocycles. The Hall–Kier alpha value is -5.03. The molecule has 212 valence electrons. The van der Waals surface area contributed by atoms with E-state index in [0.717, 1.165) is 21.9 Å². The van der Waals surface area contributed by atoms with Gasteiger partial charge in [0, 0.05) is 21.9 Å². The molecule has 6 N–H and O–H groups in total. The van der Waals surface area contributed by atoms with Gasteiger partial charge in [0.15, 0.2) is 0 Å². The third-order valence-electron chi connectivity index (χ3n) is 5.93. The van der Waals surface area contributed by atoms with Crippen molar-refractivity contribution in [2.24, 2.45) is 0 Å². The van der Waals surface area contributed by atoms with Crippen molar-refractivity contribution >= 4 is 23.7 Å². The molecular formula is C30H26O10S. The molecule has 4 aromatic rings. The summed E-state index contributed by atoms with van der Waals surface area (Å²) in [4.78, 5) is 25.2. The van der Waals surface area contributed by atoms with Gasteiger partial charge in [0.25, 0.3) is 0 Å². The van der Waals surface area contributed by atoms with Crippen molar-refractivity contribution in [3.8, 4) is 34.5 Å². The summed E-state index contributed by atoms with van der Waals surface area (Å²) in [6.07, 6.45) is 0. The molecule has 0 bridgehead atoms. The van der Waals surface area contributed by atoms with Crippen LogP contribution in [0.25, 0.3) is 0 Å². The zero-order valence-electron chi connectivity index (χ0n) is 21.4. The number of hydrogen-bond acceptors (Lipinski definition) is 9. The number of phenols is 4. The topological polar surface area (TPSA) is 174 Å². The van der Waals surface area contributed by atoms with Crippen LogP contribution < -0.4 is 9.47 Å². The summed E-state index contributed by atoms with van der Waals surface area (Å²) in [5, 5.41) is 58.1. The molecule has 2 unspecified atom stereocenters. The van der Waals surface area contributed by atoms with Crippen LogP contribution in [0.5, 0.6) is 34.5 Å². The predicted octanol–water partition coefficient (Wildman–Crippen LogP) is 5.15. The first-order valence-electron chi connectivity index (χ1n) is 12.2. The van der Waals surface area contributed by atoms with E-state index in [1.54, 1.807) is 36.4 Å². The molecule has 10 nitrogen and oxygen atoms in total. The third-order valence-corrected chi connectivity index (χ3v) is 6.91. The van der Waals surface area contributed by atoms with Crippen LogP contribution >= 0.6 is 11.8 Å². The Balaban J connectivity index is 1.41. The quantitative estimate of drug-likeness (QED) is 0.131.